The average Bonchev–Trinajstić information content (AvgIpc) is 2.38. The number of anilines is 1. The zero-order valence-electron chi connectivity index (χ0n) is 9.64. The van der Waals surface area contributed by atoms with Crippen LogP contribution in [0.2, 0.25) is 0 Å². The highest BCUT2D eigenvalue weighted by Crippen LogP contribution is 2.34. The van der Waals surface area contributed by atoms with E-state index < -0.39 is 0 Å². The average molecular weight is 258 g/mol. The van der Waals surface area contributed by atoms with Crippen molar-refractivity contribution in [3.8, 4) is 11.5 Å². The zero-order chi connectivity index (χ0) is 12.7. The highest BCUT2D eigenvalue weighted by Gasteiger charge is 2.18. The van der Waals surface area contributed by atoms with Crippen LogP contribution in [0, 0.1) is 0 Å². The van der Waals surface area contributed by atoms with Crippen molar-refractivity contribution in [2.45, 2.75) is 4.90 Å². The van der Waals surface area contributed by atoms with Crippen LogP contribution in [0.5, 0.6) is 0 Å². The van der Waals surface area contributed by atoms with E-state index in [1.165, 1.54) is 17.8 Å². The number of aromatic nitrogens is 1. The first-order valence-electron chi connectivity index (χ1n) is 5.37. The number of rotatable bonds is 1. The van der Waals surface area contributed by atoms with Crippen LogP contribution in [0.1, 0.15) is 0 Å². The Labute approximate surface area is 107 Å². The van der Waals surface area contributed by atoms with E-state index >= 15 is 0 Å². The molecule has 1 aliphatic heterocycles. The van der Waals surface area contributed by atoms with Gasteiger partial charge in [-0.25, -0.2) is 4.98 Å². The van der Waals surface area contributed by atoms with Crippen molar-refractivity contribution in [1.82, 2.24) is 4.98 Å². The van der Waals surface area contributed by atoms with Crippen molar-refractivity contribution in [1.29, 1.82) is 0 Å². The number of hydrogen-bond donors (Lipinski definition) is 1. The van der Waals surface area contributed by atoms with Gasteiger partial charge in [-0.3, -0.25) is 4.79 Å². The topological polar surface area (TPSA) is 69.1 Å². The second kappa shape index (κ2) is 4.03. The monoisotopic (exact) mass is 258 g/mol. The van der Waals surface area contributed by atoms with Crippen molar-refractivity contribution in [3.63, 3.8) is 0 Å². The maximum absolute atomic E-state index is 11.7. The van der Waals surface area contributed by atoms with Gasteiger partial charge in [0.25, 0.3) is 0 Å². The van der Waals surface area contributed by atoms with Gasteiger partial charge in [-0.1, -0.05) is 12.1 Å². The number of benzene rings is 2. The molecule has 0 fully saturated rings. The van der Waals surface area contributed by atoms with E-state index in [1.54, 1.807) is 0 Å². The summed E-state index contributed by atoms with van der Waals surface area (Å²) in [6.07, 6.45) is 1.86. The van der Waals surface area contributed by atoms with E-state index in [2.05, 4.69) is 4.98 Å². The molecular formula is C13H10N2O2S. The van der Waals surface area contributed by atoms with Gasteiger partial charge in [0.2, 0.25) is 5.43 Å². The molecule has 0 atom stereocenters. The van der Waals surface area contributed by atoms with E-state index in [0.29, 0.717) is 21.9 Å². The largest absolute Gasteiger partial charge is 0.453 e. The van der Waals surface area contributed by atoms with Crippen LogP contribution in [0.3, 0.4) is 0 Å². The number of nitrogens with zero attached hydrogens (tertiary/aromatic N) is 1. The lowest BCUT2D eigenvalue weighted by Gasteiger charge is -2.11. The van der Waals surface area contributed by atoms with E-state index in [9.17, 15) is 4.79 Å². The fourth-order valence-electron chi connectivity index (χ4n) is 1.88. The molecule has 0 bridgehead atoms. The van der Waals surface area contributed by atoms with Gasteiger partial charge in [0.15, 0.2) is 11.3 Å². The molecule has 0 unspecified atom stereocenters. The molecule has 3 rings (SSSR count). The van der Waals surface area contributed by atoms with Crippen molar-refractivity contribution in [2.75, 3.05) is 12.0 Å². The third kappa shape index (κ3) is 1.55. The summed E-state index contributed by atoms with van der Waals surface area (Å²) in [5.41, 5.74) is 7.83. The second-order valence-electron chi connectivity index (χ2n) is 3.85. The predicted octanol–water partition coefficient (Wildman–Crippen LogP) is 2.60. The van der Waals surface area contributed by atoms with Gasteiger partial charge < -0.3 is 10.2 Å². The molecule has 0 amide bonds. The van der Waals surface area contributed by atoms with Gasteiger partial charge in [0.1, 0.15) is 11.2 Å². The van der Waals surface area contributed by atoms with Gasteiger partial charge in [-0.05, 0) is 18.4 Å². The number of fused-ring (bicyclic) bond motifs is 2. The maximum atomic E-state index is 11.7. The fraction of sp³-hybridized carbons (Fsp3) is 0.0769. The third-order valence-corrected chi connectivity index (χ3v) is 3.56. The second-order valence-corrected chi connectivity index (χ2v) is 4.67. The van der Waals surface area contributed by atoms with Crippen LogP contribution >= 0.6 is 11.8 Å². The van der Waals surface area contributed by atoms with Crippen LogP contribution in [0.4, 0.5) is 5.69 Å². The molecule has 1 aliphatic carbocycles. The Morgan fingerprint density at radius 3 is 2.89 bits per heavy atom. The minimum atomic E-state index is -0.229. The molecule has 0 radical (unpaired) electrons. The summed E-state index contributed by atoms with van der Waals surface area (Å²) in [6, 6.07) is 8.83. The number of hydrogen-bond acceptors (Lipinski definition) is 5. The molecule has 2 aliphatic rings. The molecule has 1 heterocycles. The van der Waals surface area contributed by atoms with Crippen molar-refractivity contribution in [2.24, 2.45) is 0 Å². The third-order valence-electron chi connectivity index (χ3n) is 2.74. The molecule has 1 aromatic rings. The molecule has 0 spiro atoms. The van der Waals surface area contributed by atoms with E-state index in [4.69, 9.17) is 10.2 Å². The highest BCUT2D eigenvalue weighted by molar-refractivity contribution is 7.98. The van der Waals surface area contributed by atoms with Crippen LogP contribution in [0.25, 0.3) is 22.6 Å². The molecular weight excluding hydrogens is 248 g/mol. The molecule has 18 heavy (non-hydrogen) atoms. The van der Waals surface area contributed by atoms with Gasteiger partial charge >= 0.3 is 0 Å². The summed E-state index contributed by atoms with van der Waals surface area (Å²) in [7, 11) is 0. The summed E-state index contributed by atoms with van der Waals surface area (Å²) >= 11 is 1.40. The van der Waals surface area contributed by atoms with Gasteiger partial charge in [-0.2, -0.15) is 0 Å². The lowest BCUT2D eigenvalue weighted by Crippen LogP contribution is -2.11. The first kappa shape index (κ1) is 11.1. The summed E-state index contributed by atoms with van der Waals surface area (Å²) in [5.74, 6) is 0.470. The summed E-state index contributed by atoms with van der Waals surface area (Å²) in [6.45, 7) is 0. The normalized spacial score (nSPS) is 11.2. The van der Waals surface area contributed by atoms with Crippen LogP contribution in [-0.4, -0.2) is 11.2 Å². The van der Waals surface area contributed by atoms with Crippen molar-refractivity contribution < 1.29 is 4.42 Å². The lowest BCUT2D eigenvalue weighted by molar-refractivity contribution is 0.610. The summed E-state index contributed by atoms with van der Waals surface area (Å²) in [4.78, 5) is 16.9. The molecule has 0 saturated carbocycles. The Morgan fingerprint density at radius 1 is 1.33 bits per heavy atom. The lowest BCUT2D eigenvalue weighted by atomic mass is 10.2. The van der Waals surface area contributed by atoms with Gasteiger partial charge in [-0.15, -0.1) is 11.8 Å². The number of nitrogen functional groups attached to an aromatic ring is 1. The van der Waals surface area contributed by atoms with Gasteiger partial charge in [0, 0.05) is 6.07 Å². The smallest absolute Gasteiger partial charge is 0.206 e. The molecule has 90 valence electrons. The van der Waals surface area contributed by atoms with Crippen molar-refractivity contribution in [3.05, 3.63) is 40.6 Å². The zero-order valence-corrected chi connectivity index (χ0v) is 10.5. The number of thioether (sulfide) groups is 1. The number of nitrogens with two attached hydrogens (primary N) is 1. The SMILES string of the molecule is CSc1c2nc3ccccc3oc-2cc(=O)c1N. The van der Waals surface area contributed by atoms with E-state index in [-0.39, 0.29) is 11.1 Å². The summed E-state index contributed by atoms with van der Waals surface area (Å²) in [5, 5.41) is 0. The van der Waals surface area contributed by atoms with Crippen LogP contribution in [-0.2, 0) is 0 Å². The van der Waals surface area contributed by atoms with E-state index in [0.717, 1.165) is 5.52 Å². The standard InChI is InChI=1S/C13H10N2O2S/c1-18-13-11(14)8(16)6-10-12(13)15-7-4-2-3-5-9(7)17-10/h2-6H,14H2,1H3. The molecule has 0 saturated heterocycles. The first-order chi connectivity index (χ1) is 8.70. The first-order valence-corrected chi connectivity index (χ1v) is 6.59. The molecule has 1 aromatic carbocycles. The van der Waals surface area contributed by atoms with Gasteiger partial charge in [0.05, 0.1) is 10.6 Å². The Bertz CT molecular complexity index is 767. The van der Waals surface area contributed by atoms with Crippen molar-refractivity contribution >= 4 is 28.5 Å². The Hall–Kier alpha value is -2.01. The minimum Gasteiger partial charge on any atom is -0.453 e. The van der Waals surface area contributed by atoms with Crippen LogP contribution < -0.4 is 11.2 Å². The fourth-order valence-corrected chi connectivity index (χ4v) is 2.54. The minimum absolute atomic E-state index is 0.229. The molecule has 2 N–H and O–H groups in total. The molecule has 5 heteroatoms. The number of para-hydroxylation sites is 2. The summed E-state index contributed by atoms with van der Waals surface area (Å²) < 4.78 is 5.69. The Balaban J connectivity index is 2.50. The van der Waals surface area contributed by atoms with E-state index in [1.807, 2.05) is 30.5 Å². The quantitative estimate of drug-likeness (QED) is 0.413. The Morgan fingerprint density at radius 2 is 2.11 bits per heavy atom. The molecule has 4 nitrogen and oxygen atoms in total. The van der Waals surface area contributed by atoms with Crippen LogP contribution in [0.15, 0.2) is 44.4 Å². The molecule has 0 aromatic heterocycles. The highest BCUT2D eigenvalue weighted by atomic mass is 32.2. The Kier molecular flexibility index (Phi) is 2.48. The predicted molar refractivity (Wildman–Crippen MR) is 73.1 cm³/mol. The maximum Gasteiger partial charge on any atom is 0.206 e.